The van der Waals surface area contributed by atoms with Crippen LogP contribution < -0.4 is 9.47 Å². The fraction of sp³-hybridized carbons (Fsp3) is 0.200. The van der Waals surface area contributed by atoms with Gasteiger partial charge >= 0.3 is 12.1 Å². The van der Waals surface area contributed by atoms with Gasteiger partial charge in [0.15, 0.2) is 17.8 Å². The van der Waals surface area contributed by atoms with Gasteiger partial charge in [-0.3, -0.25) is 14.9 Å². The van der Waals surface area contributed by atoms with Crippen molar-refractivity contribution in [3.05, 3.63) is 27.8 Å². The Kier molecular flexibility index (Phi) is 4.17. The number of aliphatic carboxylic acids is 1. The number of benzene rings is 1. The van der Waals surface area contributed by atoms with Crippen LogP contribution in [0, 0.1) is 10.1 Å². The Labute approximate surface area is 109 Å². The van der Waals surface area contributed by atoms with Gasteiger partial charge < -0.3 is 14.6 Å². The van der Waals surface area contributed by atoms with Gasteiger partial charge in [0.25, 0.3) is 5.69 Å². The molecule has 20 heavy (non-hydrogen) atoms. The Balaban J connectivity index is 3.38. The van der Waals surface area contributed by atoms with Crippen molar-refractivity contribution < 1.29 is 37.9 Å². The Bertz CT molecular complexity index is 573. The van der Waals surface area contributed by atoms with Crippen LogP contribution in [-0.4, -0.2) is 35.5 Å². The first-order valence-electron chi connectivity index (χ1n) is 4.84. The van der Waals surface area contributed by atoms with Gasteiger partial charge in [-0.05, 0) is 0 Å². The lowest BCUT2D eigenvalue weighted by molar-refractivity contribution is -0.385. The number of hydrogen-bond acceptors (Lipinski definition) is 6. The Morgan fingerprint density at radius 3 is 2.45 bits per heavy atom. The third-order valence-electron chi connectivity index (χ3n) is 2.12. The maximum Gasteiger partial charge on any atom is 0.502 e. The fourth-order valence-corrected chi connectivity index (χ4v) is 1.24. The van der Waals surface area contributed by atoms with Crippen LogP contribution in [0.5, 0.6) is 11.5 Å². The maximum absolute atomic E-state index is 12.9. The van der Waals surface area contributed by atoms with Crippen LogP contribution >= 0.6 is 0 Å². The molecule has 0 aliphatic carbocycles. The van der Waals surface area contributed by atoms with Crippen LogP contribution in [0.2, 0.25) is 0 Å². The van der Waals surface area contributed by atoms with Crippen molar-refractivity contribution in [2.24, 2.45) is 0 Å². The molecule has 0 fully saturated rings. The number of methoxy groups -OCH3 is 1. The SMILES string of the molecule is COc1cc(C=O)c([N+](=O)[O-])cc1OC(F)(F)C(=O)O. The van der Waals surface area contributed by atoms with Gasteiger partial charge in [-0.2, -0.15) is 8.78 Å². The van der Waals surface area contributed by atoms with Crippen LogP contribution in [0.4, 0.5) is 14.5 Å². The summed E-state index contributed by atoms with van der Waals surface area (Å²) in [6.07, 6.45) is -4.48. The summed E-state index contributed by atoms with van der Waals surface area (Å²) in [4.78, 5) is 30.6. The number of ether oxygens (including phenoxy) is 2. The minimum atomic E-state index is -4.61. The number of aldehydes is 1. The van der Waals surface area contributed by atoms with Crippen molar-refractivity contribution in [2.45, 2.75) is 6.11 Å². The van der Waals surface area contributed by atoms with E-state index >= 15 is 0 Å². The van der Waals surface area contributed by atoms with Gasteiger partial charge in [0, 0.05) is 6.07 Å². The number of nitro groups is 1. The Hall–Kier alpha value is -2.78. The largest absolute Gasteiger partial charge is 0.502 e. The lowest BCUT2D eigenvalue weighted by Crippen LogP contribution is -2.34. The first kappa shape index (κ1) is 15.3. The lowest BCUT2D eigenvalue weighted by atomic mass is 10.1. The zero-order chi connectivity index (χ0) is 15.5. The van der Waals surface area contributed by atoms with E-state index < -0.39 is 39.8 Å². The standard InChI is InChI=1S/C10H7F2NO7/c1-19-7-2-5(4-14)6(13(17)18)3-8(7)20-10(11,12)9(15)16/h2-4H,1H3,(H,15,16). The third-order valence-corrected chi connectivity index (χ3v) is 2.12. The van der Waals surface area contributed by atoms with Crippen molar-refractivity contribution >= 4 is 17.9 Å². The van der Waals surface area contributed by atoms with Gasteiger partial charge in [-0.1, -0.05) is 0 Å². The van der Waals surface area contributed by atoms with E-state index in [4.69, 9.17) is 5.11 Å². The molecule has 0 saturated heterocycles. The van der Waals surface area contributed by atoms with Gasteiger partial charge in [0.2, 0.25) is 0 Å². The van der Waals surface area contributed by atoms with E-state index in [1.165, 1.54) is 0 Å². The molecule has 0 saturated carbocycles. The molecule has 1 aromatic rings. The van der Waals surface area contributed by atoms with Crippen LogP contribution in [0.25, 0.3) is 0 Å². The highest BCUT2D eigenvalue weighted by Crippen LogP contribution is 2.36. The minimum Gasteiger partial charge on any atom is -0.493 e. The van der Waals surface area contributed by atoms with Gasteiger partial charge in [0.1, 0.15) is 0 Å². The average molecular weight is 291 g/mol. The molecular formula is C10H7F2NO7. The quantitative estimate of drug-likeness (QED) is 0.479. The molecule has 0 radical (unpaired) electrons. The normalized spacial score (nSPS) is 10.8. The van der Waals surface area contributed by atoms with Crippen LogP contribution in [0.3, 0.4) is 0 Å². The summed E-state index contributed by atoms with van der Waals surface area (Å²) in [7, 11) is 1.03. The predicted octanol–water partition coefficient (Wildman–Crippen LogP) is 1.47. The second kappa shape index (κ2) is 5.47. The molecular weight excluding hydrogens is 284 g/mol. The average Bonchev–Trinajstić information content (AvgIpc) is 2.37. The van der Waals surface area contributed by atoms with Crippen molar-refractivity contribution in [2.75, 3.05) is 7.11 Å². The van der Waals surface area contributed by atoms with Crippen LogP contribution in [0.15, 0.2) is 12.1 Å². The third kappa shape index (κ3) is 2.96. The predicted molar refractivity (Wildman–Crippen MR) is 58.2 cm³/mol. The van der Waals surface area contributed by atoms with E-state index in [1.54, 1.807) is 0 Å². The molecule has 1 rings (SSSR count). The summed E-state index contributed by atoms with van der Waals surface area (Å²) in [6.45, 7) is 0. The van der Waals surface area contributed by atoms with Crippen molar-refractivity contribution in [3.63, 3.8) is 0 Å². The molecule has 0 heterocycles. The van der Waals surface area contributed by atoms with E-state index in [0.29, 0.717) is 6.07 Å². The Morgan fingerprint density at radius 1 is 1.45 bits per heavy atom. The van der Waals surface area contributed by atoms with Crippen LogP contribution in [-0.2, 0) is 4.79 Å². The van der Waals surface area contributed by atoms with Gasteiger partial charge in [-0.15, -0.1) is 0 Å². The van der Waals surface area contributed by atoms with Gasteiger partial charge in [0.05, 0.1) is 23.7 Å². The fourth-order valence-electron chi connectivity index (χ4n) is 1.24. The summed E-state index contributed by atoms with van der Waals surface area (Å²) in [5.74, 6) is -3.91. The zero-order valence-electron chi connectivity index (χ0n) is 9.83. The molecule has 0 bridgehead atoms. The molecule has 0 aliphatic rings. The summed E-state index contributed by atoms with van der Waals surface area (Å²) >= 11 is 0. The number of carboxylic acid groups (broad SMARTS) is 1. The molecule has 108 valence electrons. The molecule has 0 amide bonds. The van der Waals surface area contributed by atoms with Crippen LogP contribution in [0.1, 0.15) is 10.4 Å². The molecule has 1 N–H and O–H groups in total. The molecule has 8 nitrogen and oxygen atoms in total. The van der Waals surface area contributed by atoms with E-state index in [9.17, 15) is 28.5 Å². The van der Waals surface area contributed by atoms with Gasteiger partial charge in [-0.25, -0.2) is 4.79 Å². The Morgan fingerprint density at radius 2 is 2.05 bits per heavy atom. The molecule has 0 spiro atoms. The highest BCUT2D eigenvalue weighted by Gasteiger charge is 2.43. The minimum absolute atomic E-state index is 0.125. The second-order valence-corrected chi connectivity index (χ2v) is 3.36. The summed E-state index contributed by atoms with van der Waals surface area (Å²) < 4.78 is 34.4. The van der Waals surface area contributed by atoms with E-state index in [1.807, 2.05) is 0 Å². The van der Waals surface area contributed by atoms with Crippen molar-refractivity contribution in [1.29, 1.82) is 0 Å². The summed E-state index contributed by atoms with van der Waals surface area (Å²) in [5, 5.41) is 18.9. The van der Waals surface area contributed by atoms with E-state index in [-0.39, 0.29) is 6.29 Å². The number of hydrogen-bond donors (Lipinski definition) is 1. The van der Waals surface area contributed by atoms with E-state index in [0.717, 1.165) is 13.2 Å². The molecule has 0 unspecified atom stereocenters. The highest BCUT2D eigenvalue weighted by molar-refractivity contribution is 5.83. The molecule has 1 aromatic carbocycles. The second-order valence-electron chi connectivity index (χ2n) is 3.36. The lowest BCUT2D eigenvalue weighted by Gasteiger charge is -2.15. The molecule has 10 heteroatoms. The number of carbonyl (C=O) groups excluding carboxylic acids is 1. The summed E-state index contributed by atoms with van der Waals surface area (Å²) in [5.41, 5.74) is -1.25. The smallest absolute Gasteiger partial charge is 0.493 e. The number of nitrogens with zero attached hydrogens (tertiary/aromatic N) is 1. The maximum atomic E-state index is 12.9. The number of alkyl halides is 2. The monoisotopic (exact) mass is 291 g/mol. The first-order chi connectivity index (χ1) is 9.22. The topological polar surface area (TPSA) is 116 Å². The first-order valence-corrected chi connectivity index (χ1v) is 4.84. The number of rotatable bonds is 6. The molecule has 0 aromatic heterocycles. The number of halogens is 2. The number of carbonyl (C=O) groups is 2. The van der Waals surface area contributed by atoms with Crippen molar-refractivity contribution in [3.8, 4) is 11.5 Å². The molecule has 0 atom stereocenters. The van der Waals surface area contributed by atoms with E-state index in [2.05, 4.69) is 9.47 Å². The number of nitro benzene ring substituents is 1. The number of carboxylic acids is 1. The highest BCUT2D eigenvalue weighted by atomic mass is 19.3. The van der Waals surface area contributed by atoms with Crippen molar-refractivity contribution in [1.82, 2.24) is 0 Å². The zero-order valence-corrected chi connectivity index (χ0v) is 9.83. The molecule has 0 aliphatic heterocycles. The summed E-state index contributed by atoms with van der Waals surface area (Å²) in [6, 6.07) is 1.28.